The highest BCUT2D eigenvalue weighted by molar-refractivity contribution is 7.22. The van der Waals surface area contributed by atoms with Crippen molar-refractivity contribution in [2.75, 3.05) is 25.7 Å². The summed E-state index contributed by atoms with van der Waals surface area (Å²) in [4.78, 5) is 19.4. The van der Waals surface area contributed by atoms with Crippen molar-refractivity contribution in [2.45, 2.75) is 50.4 Å². The second kappa shape index (κ2) is 10.2. The molecule has 2 aliphatic carbocycles. The Kier molecular flexibility index (Phi) is 6.65. The topological polar surface area (TPSA) is 86.9 Å². The largest absolute Gasteiger partial charge is 0.494 e. The van der Waals surface area contributed by atoms with E-state index in [1.165, 1.54) is 7.11 Å². The first-order valence-corrected chi connectivity index (χ1v) is 14.9. The van der Waals surface area contributed by atoms with E-state index < -0.39 is 5.97 Å². The zero-order chi connectivity index (χ0) is 27.5. The predicted octanol–water partition coefficient (Wildman–Crippen LogP) is 7.11. The number of piperidine rings is 1. The normalized spacial score (nSPS) is 21.9. The van der Waals surface area contributed by atoms with Crippen LogP contribution < -0.4 is 9.64 Å². The van der Waals surface area contributed by atoms with Crippen molar-refractivity contribution >= 4 is 55.9 Å². The minimum Gasteiger partial charge on any atom is -0.494 e. The number of benzene rings is 2. The third-order valence-electron chi connectivity index (χ3n) is 8.22. The molecule has 1 aliphatic heterocycles. The summed E-state index contributed by atoms with van der Waals surface area (Å²) in [5.41, 5.74) is 3.54. The van der Waals surface area contributed by atoms with Gasteiger partial charge in [-0.1, -0.05) is 45.8 Å². The van der Waals surface area contributed by atoms with Gasteiger partial charge in [-0.3, -0.25) is 0 Å². The average Bonchev–Trinajstić information content (AvgIpc) is 3.28. The molecule has 0 spiro atoms. The molecule has 3 aliphatic rings. The minimum absolute atomic E-state index is 0.132. The highest BCUT2D eigenvalue weighted by Gasteiger charge is 2.46. The lowest BCUT2D eigenvalue weighted by Gasteiger charge is -2.31. The van der Waals surface area contributed by atoms with Crippen molar-refractivity contribution in [3.63, 3.8) is 0 Å². The molecule has 7 rings (SSSR count). The van der Waals surface area contributed by atoms with E-state index in [9.17, 15) is 4.79 Å². The standard InChI is InChI=1S/C29H27Cl2N3O5S/c1-36-22-9-15(28(35)37-2)10-23-26(22)32-29(40-23)34-12-16-8-17(34)11-21(16)38-13-18-25(33-39-27(18)14-6-7-14)24-19(30)4-3-5-20(24)31/h3-5,9-10,14,16-17,21H,6-8,11-13H2,1-2H3. The Labute approximate surface area is 245 Å². The number of carbonyl (C=O) groups excluding carboxylic acids is 1. The number of anilines is 1. The molecule has 1 saturated heterocycles. The van der Waals surface area contributed by atoms with Crippen LogP contribution in [0, 0.1) is 5.92 Å². The SMILES string of the molecule is COC(=O)c1cc(OC)c2nc(N3CC4CC3CC4OCc3c(-c4c(Cl)cccc4Cl)noc3C3CC3)sc2c1. The van der Waals surface area contributed by atoms with Crippen LogP contribution in [0.2, 0.25) is 10.0 Å². The average molecular weight is 601 g/mol. The summed E-state index contributed by atoms with van der Waals surface area (Å²) in [7, 11) is 2.96. The number of rotatable bonds is 8. The summed E-state index contributed by atoms with van der Waals surface area (Å²) >= 11 is 14.6. The predicted molar refractivity (Wildman–Crippen MR) is 154 cm³/mol. The van der Waals surface area contributed by atoms with E-state index in [0.717, 1.165) is 58.9 Å². The number of ether oxygens (including phenoxy) is 3. The first-order chi connectivity index (χ1) is 19.4. The smallest absolute Gasteiger partial charge is 0.338 e. The maximum Gasteiger partial charge on any atom is 0.338 e. The van der Waals surface area contributed by atoms with Gasteiger partial charge in [-0.2, -0.15) is 0 Å². The van der Waals surface area contributed by atoms with Gasteiger partial charge < -0.3 is 23.6 Å². The molecular weight excluding hydrogens is 573 g/mol. The van der Waals surface area contributed by atoms with E-state index in [2.05, 4.69) is 10.1 Å². The lowest BCUT2D eigenvalue weighted by molar-refractivity contribution is 0.0122. The van der Waals surface area contributed by atoms with Gasteiger partial charge in [0.15, 0.2) is 5.13 Å². The molecule has 11 heteroatoms. The molecule has 3 unspecified atom stereocenters. The van der Waals surface area contributed by atoms with Gasteiger partial charge in [-0.25, -0.2) is 9.78 Å². The van der Waals surface area contributed by atoms with E-state index in [0.29, 0.717) is 57.1 Å². The second-order valence-corrected chi connectivity index (χ2v) is 12.5. The quantitative estimate of drug-likeness (QED) is 0.198. The fourth-order valence-corrected chi connectivity index (χ4v) is 7.76. The van der Waals surface area contributed by atoms with Gasteiger partial charge in [0.2, 0.25) is 0 Å². The molecule has 2 aromatic heterocycles. The monoisotopic (exact) mass is 599 g/mol. The van der Waals surface area contributed by atoms with E-state index in [-0.39, 0.29) is 6.10 Å². The van der Waals surface area contributed by atoms with Crippen molar-refractivity contribution in [3.05, 3.63) is 57.3 Å². The number of fused-ring (bicyclic) bond motifs is 3. The lowest BCUT2D eigenvalue weighted by Crippen LogP contribution is -2.38. The molecule has 0 N–H and O–H groups in total. The number of hydrogen-bond acceptors (Lipinski definition) is 9. The van der Waals surface area contributed by atoms with Crippen LogP contribution in [0.5, 0.6) is 5.75 Å². The van der Waals surface area contributed by atoms with Gasteiger partial charge in [0.05, 0.1) is 47.2 Å². The molecule has 3 fully saturated rings. The maximum absolute atomic E-state index is 12.1. The number of esters is 1. The summed E-state index contributed by atoms with van der Waals surface area (Å²) in [5.74, 6) is 1.84. The number of nitrogens with zero attached hydrogens (tertiary/aromatic N) is 3. The zero-order valence-corrected chi connectivity index (χ0v) is 24.3. The molecular formula is C29H27Cl2N3O5S. The maximum atomic E-state index is 12.1. The van der Waals surface area contributed by atoms with Crippen molar-refractivity contribution in [1.82, 2.24) is 10.1 Å². The Bertz CT molecular complexity index is 1600. The summed E-state index contributed by atoms with van der Waals surface area (Å²) in [6, 6.07) is 9.30. The first-order valence-electron chi connectivity index (χ1n) is 13.3. The number of carbonyl (C=O) groups is 1. The number of hydrogen-bond donors (Lipinski definition) is 0. The van der Waals surface area contributed by atoms with E-state index in [1.54, 1.807) is 24.5 Å². The fourth-order valence-electron chi connectivity index (χ4n) is 6.08. The van der Waals surface area contributed by atoms with Crippen LogP contribution in [-0.4, -0.2) is 49.0 Å². The molecule has 2 saturated carbocycles. The molecule has 4 aromatic rings. The van der Waals surface area contributed by atoms with Crippen molar-refractivity contribution < 1.29 is 23.5 Å². The fraction of sp³-hybridized carbons (Fsp3) is 0.414. The summed E-state index contributed by atoms with van der Waals surface area (Å²) < 4.78 is 23.7. The number of aromatic nitrogens is 2. The Morgan fingerprint density at radius 2 is 1.98 bits per heavy atom. The van der Waals surface area contributed by atoms with E-state index in [1.807, 2.05) is 24.3 Å². The first kappa shape index (κ1) is 26.1. The molecule has 2 aromatic carbocycles. The van der Waals surface area contributed by atoms with E-state index >= 15 is 0 Å². The van der Waals surface area contributed by atoms with Gasteiger partial charge >= 0.3 is 5.97 Å². The molecule has 2 bridgehead atoms. The van der Waals surface area contributed by atoms with Crippen LogP contribution in [0.3, 0.4) is 0 Å². The van der Waals surface area contributed by atoms with Crippen molar-refractivity contribution in [1.29, 1.82) is 0 Å². The molecule has 0 amide bonds. The van der Waals surface area contributed by atoms with Crippen LogP contribution in [0.15, 0.2) is 34.9 Å². The van der Waals surface area contributed by atoms with Crippen LogP contribution in [0.1, 0.15) is 53.3 Å². The van der Waals surface area contributed by atoms with Crippen LogP contribution in [0.25, 0.3) is 21.5 Å². The van der Waals surface area contributed by atoms with Crippen LogP contribution in [0.4, 0.5) is 5.13 Å². The summed E-state index contributed by atoms with van der Waals surface area (Å²) in [6.07, 6.45) is 4.28. The highest BCUT2D eigenvalue weighted by atomic mass is 35.5. The van der Waals surface area contributed by atoms with Crippen molar-refractivity contribution in [2.24, 2.45) is 5.92 Å². The second-order valence-electron chi connectivity index (χ2n) is 10.6. The Balaban J connectivity index is 1.09. The molecule has 3 atom stereocenters. The summed E-state index contributed by atoms with van der Waals surface area (Å²) in [6.45, 7) is 1.28. The van der Waals surface area contributed by atoms with Crippen molar-refractivity contribution in [3.8, 4) is 17.0 Å². The molecule has 40 heavy (non-hydrogen) atoms. The molecule has 8 nitrogen and oxygen atoms in total. The van der Waals surface area contributed by atoms with Gasteiger partial charge in [0.1, 0.15) is 22.7 Å². The molecule has 3 heterocycles. The minimum atomic E-state index is -0.395. The van der Waals surface area contributed by atoms with E-state index in [4.69, 9.17) is 46.9 Å². The van der Waals surface area contributed by atoms with Gasteiger partial charge in [-0.05, 0) is 49.9 Å². The Morgan fingerprint density at radius 1 is 1.18 bits per heavy atom. The molecule has 208 valence electrons. The van der Waals surface area contributed by atoms with Crippen LogP contribution in [-0.2, 0) is 16.1 Å². The lowest BCUT2D eigenvalue weighted by atomic mass is 10.0. The number of halogens is 2. The van der Waals surface area contributed by atoms with Crippen LogP contribution >= 0.6 is 34.5 Å². The van der Waals surface area contributed by atoms with Gasteiger partial charge in [0.25, 0.3) is 0 Å². The highest BCUT2D eigenvalue weighted by Crippen LogP contribution is 2.48. The summed E-state index contributed by atoms with van der Waals surface area (Å²) in [5, 5.41) is 6.43. The Morgan fingerprint density at radius 3 is 2.65 bits per heavy atom. The van der Waals surface area contributed by atoms with Gasteiger partial charge in [0, 0.05) is 35.5 Å². The number of thiazole rings is 1. The third-order valence-corrected chi connectivity index (χ3v) is 9.89. The molecule has 0 radical (unpaired) electrons. The number of methoxy groups -OCH3 is 2. The van der Waals surface area contributed by atoms with Gasteiger partial charge in [-0.15, -0.1) is 0 Å². The zero-order valence-electron chi connectivity index (χ0n) is 22.0. The Hall–Kier alpha value is -2.85. The third kappa shape index (κ3) is 4.43.